The summed E-state index contributed by atoms with van der Waals surface area (Å²) in [5.41, 5.74) is 6.35. The van der Waals surface area contributed by atoms with Crippen molar-refractivity contribution in [3.8, 4) is 0 Å². The molecule has 1 atom stereocenters. The van der Waals surface area contributed by atoms with E-state index in [9.17, 15) is 0 Å². The molecule has 0 saturated carbocycles. The van der Waals surface area contributed by atoms with E-state index in [1.807, 2.05) is 6.20 Å². The normalized spacial score (nSPS) is 13.2. The Kier molecular flexibility index (Phi) is 3.85. The quantitative estimate of drug-likeness (QED) is 0.698. The highest BCUT2D eigenvalue weighted by atomic mass is 16.5. The largest absolute Gasteiger partial charge is 0.384 e. The third-order valence-electron chi connectivity index (χ3n) is 1.84. The van der Waals surface area contributed by atoms with Crippen LogP contribution in [0.5, 0.6) is 0 Å². The van der Waals surface area contributed by atoms with Gasteiger partial charge in [-0.1, -0.05) is 12.1 Å². The number of hydrogen-bond acceptors (Lipinski definition) is 4. The van der Waals surface area contributed by atoms with Crippen molar-refractivity contribution >= 4 is 0 Å². The lowest BCUT2D eigenvalue weighted by Gasteiger charge is -2.04. The van der Waals surface area contributed by atoms with Crippen molar-refractivity contribution in [2.75, 3.05) is 20.3 Å². The number of ether oxygens (including phenoxy) is 1. The Morgan fingerprint density at radius 2 is 2.46 bits per heavy atom. The number of methoxy groups -OCH3 is 1. The number of nitrogens with two attached hydrogens (primary N) is 1. The van der Waals surface area contributed by atoms with E-state index in [4.69, 9.17) is 10.5 Å². The SMILES string of the molecule is COCC(C)c1cn(CCN)nn1. The molecule has 1 unspecified atom stereocenters. The summed E-state index contributed by atoms with van der Waals surface area (Å²) in [6.45, 7) is 4.02. The van der Waals surface area contributed by atoms with Gasteiger partial charge in [0.05, 0.1) is 18.8 Å². The smallest absolute Gasteiger partial charge is 0.0878 e. The molecule has 5 nitrogen and oxygen atoms in total. The molecule has 74 valence electrons. The first-order chi connectivity index (χ1) is 6.27. The van der Waals surface area contributed by atoms with E-state index in [-0.39, 0.29) is 5.92 Å². The van der Waals surface area contributed by atoms with Gasteiger partial charge in [-0.25, -0.2) is 0 Å². The Morgan fingerprint density at radius 3 is 3.08 bits per heavy atom. The Morgan fingerprint density at radius 1 is 1.69 bits per heavy atom. The molecule has 0 aliphatic heterocycles. The van der Waals surface area contributed by atoms with Crippen molar-refractivity contribution in [1.82, 2.24) is 15.0 Å². The van der Waals surface area contributed by atoms with Gasteiger partial charge in [-0.15, -0.1) is 5.10 Å². The fourth-order valence-electron chi connectivity index (χ4n) is 1.12. The van der Waals surface area contributed by atoms with Crippen LogP contribution < -0.4 is 5.73 Å². The lowest BCUT2D eigenvalue weighted by atomic mass is 10.1. The Labute approximate surface area is 77.9 Å². The third-order valence-corrected chi connectivity index (χ3v) is 1.84. The molecular formula is C8H16N4O. The zero-order valence-electron chi connectivity index (χ0n) is 8.10. The molecule has 0 fully saturated rings. The Balaban J connectivity index is 2.56. The maximum atomic E-state index is 5.39. The summed E-state index contributed by atoms with van der Waals surface area (Å²) in [6, 6.07) is 0. The highest BCUT2D eigenvalue weighted by Crippen LogP contribution is 2.10. The minimum atomic E-state index is 0.288. The predicted octanol–water partition coefficient (Wildman–Crippen LogP) is -0.0133. The molecule has 0 amide bonds. The maximum Gasteiger partial charge on any atom is 0.0878 e. The molecule has 0 aromatic carbocycles. The molecule has 0 bridgehead atoms. The van der Waals surface area contributed by atoms with E-state index in [2.05, 4.69) is 17.2 Å². The van der Waals surface area contributed by atoms with Crippen molar-refractivity contribution in [3.05, 3.63) is 11.9 Å². The van der Waals surface area contributed by atoms with Crippen LogP contribution in [0.4, 0.5) is 0 Å². The van der Waals surface area contributed by atoms with Crippen molar-refractivity contribution in [1.29, 1.82) is 0 Å². The average Bonchev–Trinajstić information content (AvgIpc) is 2.54. The highest BCUT2D eigenvalue weighted by Gasteiger charge is 2.08. The van der Waals surface area contributed by atoms with E-state index >= 15 is 0 Å². The summed E-state index contributed by atoms with van der Waals surface area (Å²) in [5.74, 6) is 0.288. The van der Waals surface area contributed by atoms with Gasteiger partial charge >= 0.3 is 0 Å². The highest BCUT2D eigenvalue weighted by molar-refractivity contribution is 5.00. The third kappa shape index (κ3) is 2.78. The van der Waals surface area contributed by atoms with E-state index < -0.39 is 0 Å². The van der Waals surface area contributed by atoms with Crippen molar-refractivity contribution < 1.29 is 4.74 Å². The second kappa shape index (κ2) is 4.94. The summed E-state index contributed by atoms with van der Waals surface area (Å²) in [4.78, 5) is 0. The van der Waals surface area contributed by atoms with Gasteiger partial charge in [0.2, 0.25) is 0 Å². The first kappa shape index (κ1) is 10.1. The van der Waals surface area contributed by atoms with Crippen molar-refractivity contribution in [2.24, 2.45) is 5.73 Å². The standard InChI is InChI=1S/C8H16N4O/c1-7(6-13-2)8-5-12(4-3-9)11-10-8/h5,7H,3-4,6,9H2,1-2H3. The summed E-state index contributed by atoms with van der Waals surface area (Å²) < 4.78 is 6.78. The van der Waals surface area contributed by atoms with Gasteiger partial charge in [0.15, 0.2) is 0 Å². The number of aromatic nitrogens is 3. The van der Waals surface area contributed by atoms with Gasteiger partial charge in [0.25, 0.3) is 0 Å². The second-order valence-corrected chi connectivity index (χ2v) is 3.05. The van der Waals surface area contributed by atoms with Gasteiger partial charge in [0, 0.05) is 25.8 Å². The molecular weight excluding hydrogens is 168 g/mol. The molecule has 0 saturated heterocycles. The van der Waals surface area contributed by atoms with Crippen LogP contribution in [-0.2, 0) is 11.3 Å². The number of rotatable bonds is 5. The molecule has 0 radical (unpaired) electrons. The van der Waals surface area contributed by atoms with E-state index in [1.54, 1.807) is 11.8 Å². The first-order valence-corrected chi connectivity index (χ1v) is 4.37. The summed E-state index contributed by atoms with van der Waals surface area (Å²) in [6.07, 6.45) is 1.91. The molecule has 1 rings (SSSR count). The Hall–Kier alpha value is -0.940. The van der Waals surface area contributed by atoms with Crippen LogP contribution in [0, 0.1) is 0 Å². The van der Waals surface area contributed by atoms with Crippen LogP contribution in [0.25, 0.3) is 0 Å². The van der Waals surface area contributed by atoms with Crippen LogP contribution in [0.2, 0.25) is 0 Å². The molecule has 2 N–H and O–H groups in total. The van der Waals surface area contributed by atoms with Crippen LogP contribution in [0.15, 0.2) is 6.20 Å². The van der Waals surface area contributed by atoms with Gasteiger partial charge in [-0.3, -0.25) is 4.68 Å². The van der Waals surface area contributed by atoms with Crippen molar-refractivity contribution in [3.63, 3.8) is 0 Å². The molecule has 0 spiro atoms. The lowest BCUT2D eigenvalue weighted by Crippen LogP contribution is -2.10. The molecule has 13 heavy (non-hydrogen) atoms. The van der Waals surface area contributed by atoms with Gasteiger partial charge in [0.1, 0.15) is 0 Å². The van der Waals surface area contributed by atoms with Crippen LogP contribution in [-0.4, -0.2) is 35.3 Å². The number of nitrogens with zero attached hydrogens (tertiary/aromatic N) is 3. The Bertz CT molecular complexity index is 248. The van der Waals surface area contributed by atoms with Crippen molar-refractivity contribution in [2.45, 2.75) is 19.4 Å². The van der Waals surface area contributed by atoms with Crippen LogP contribution >= 0.6 is 0 Å². The van der Waals surface area contributed by atoms with E-state index in [1.165, 1.54) is 0 Å². The molecule has 0 aliphatic rings. The summed E-state index contributed by atoms with van der Waals surface area (Å²) in [5, 5.41) is 7.97. The molecule has 1 heterocycles. The molecule has 5 heteroatoms. The van der Waals surface area contributed by atoms with E-state index in [0.717, 1.165) is 5.69 Å². The van der Waals surface area contributed by atoms with Gasteiger partial charge in [-0.2, -0.15) is 0 Å². The van der Waals surface area contributed by atoms with Crippen LogP contribution in [0.1, 0.15) is 18.5 Å². The summed E-state index contributed by atoms with van der Waals surface area (Å²) >= 11 is 0. The molecule has 1 aromatic rings. The second-order valence-electron chi connectivity index (χ2n) is 3.05. The maximum absolute atomic E-state index is 5.39. The monoisotopic (exact) mass is 184 g/mol. The zero-order valence-corrected chi connectivity index (χ0v) is 8.10. The molecule has 1 aromatic heterocycles. The molecule has 0 aliphatic carbocycles. The summed E-state index contributed by atoms with van der Waals surface area (Å²) in [7, 11) is 1.68. The first-order valence-electron chi connectivity index (χ1n) is 4.37. The predicted molar refractivity (Wildman–Crippen MR) is 49.4 cm³/mol. The minimum Gasteiger partial charge on any atom is -0.384 e. The van der Waals surface area contributed by atoms with E-state index in [0.29, 0.717) is 19.7 Å². The minimum absolute atomic E-state index is 0.288. The average molecular weight is 184 g/mol. The zero-order chi connectivity index (χ0) is 9.68. The van der Waals surface area contributed by atoms with Gasteiger partial charge in [-0.05, 0) is 0 Å². The lowest BCUT2D eigenvalue weighted by molar-refractivity contribution is 0.183. The van der Waals surface area contributed by atoms with Gasteiger partial charge < -0.3 is 10.5 Å². The number of hydrogen-bond donors (Lipinski definition) is 1. The fraction of sp³-hybridized carbons (Fsp3) is 0.750. The fourth-order valence-corrected chi connectivity index (χ4v) is 1.12. The van der Waals surface area contributed by atoms with Crippen LogP contribution in [0.3, 0.4) is 0 Å². The topological polar surface area (TPSA) is 66.0 Å².